The van der Waals surface area contributed by atoms with E-state index in [4.69, 9.17) is 4.42 Å². The number of rotatable bonds is 8. The van der Waals surface area contributed by atoms with E-state index in [9.17, 15) is 8.42 Å². The zero-order valence-corrected chi connectivity index (χ0v) is 15.3. The fraction of sp³-hybridized carbons (Fsp3) is 0.688. The number of hydrogen-bond donors (Lipinski definition) is 2. The Bertz CT molecular complexity index is 613. The van der Waals surface area contributed by atoms with Gasteiger partial charge in [-0.1, -0.05) is 6.92 Å². The first-order chi connectivity index (χ1) is 11.5. The van der Waals surface area contributed by atoms with Crippen LogP contribution in [0, 0.1) is 0 Å². The third kappa shape index (κ3) is 5.83. The second-order valence-corrected chi connectivity index (χ2v) is 7.98. The summed E-state index contributed by atoms with van der Waals surface area (Å²) in [5.74, 6) is 1.65. The first-order valence-electron chi connectivity index (χ1n) is 8.52. The lowest BCUT2D eigenvalue weighted by Gasteiger charge is -2.21. The van der Waals surface area contributed by atoms with Crippen LogP contribution in [0.3, 0.4) is 0 Å². The first-order valence-corrected chi connectivity index (χ1v) is 10.4. The van der Waals surface area contributed by atoms with Gasteiger partial charge < -0.3 is 15.1 Å². The van der Waals surface area contributed by atoms with Gasteiger partial charge in [0.25, 0.3) is 0 Å². The van der Waals surface area contributed by atoms with Crippen molar-refractivity contribution in [2.24, 2.45) is 4.99 Å². The summed E-state index contributed by atoms with van der Waals surface area (Å²) < 4.78 is 30.5. The Kier molecular flexibility index (Phi) is 7.11. The van der Waals surface area contributed by atoms with Crippen molar-refractivity contribution in [3.8, 4) is 0 Å². The van der Waals surface area contributed by atoms with Gasteiger partial charge in [0, 0.05) is 32.1 Å². The standard InChI is InChI=1S/C16H28N4O3S/c1-3-9-17-16(18-10-8-15-7-5-12-23-15)19-13-14-6-4-11-20(14)24(2,21)22/h5,7,12,14H,3-4,6,8-11,13H2,1-2H3,(H2,17,18,19)/t14-/m1/s1. The fourth-order valence-electron chi connectivity index (χ4n) is 2.80. The van der Waals surface area contributed by atoms with Crippen LogP contribution in [-0.4, -0.2) is 57.2 Å². The maximum Gasteiger partial charge on any atom is 0.211 e. The molecule has 0 unspecified atom stereocenters. The van der Waals surface area contributed by atoms with E-state index in [1.165, 1.54) is 6.26 Å². The van der Waals surface area contributed by atoms with Crippen molar-refractivity contribution in [1.29, 1.82) is 0 Å². The summed E-state index contributed by atoms with van der Waals surface area (Å²) in [5.41, 5.74) is 0. The number of nitrogens with zero attached hydrogens (tertiary/aromatic N) is 2. The molecule has 2 N–H and O–H groups in total. The monoisotopic (exact) mass is 356 g/mol. The van der Waals surface area contributed by atoms with Gasteiger partial charge in [-0.2, -0.15) is 4.31 Å². The van der Waals surface area contributed by atoms with Crippen molar-refractivity contribution >= 4 is 16.0 Å². The molecule has 0 radical (unpaired) electrons. The quantitative estimate of drug-likeness (QED) is 0.540. The highest BCUT2D eigenvalue weighted by Crippen LogP contribution is 2.20. The minimum absolute atomic E-state index is 0.0368. The van der Waals surface area contributed by atoms with E-state index in [2.05, 4.69) is 22.5 Å². The molecular weight excluding hydrogens is 328 g/mol. The second-order valence-electron chi connectivity index (χ2n) is 6.04. The number of sulfonamides is 1. The summed E-state index contributed by atoms with van der Waals surface area (Å²) in [6.45, 7) is 4.71. The highest BCUT2D eigenvalue weighted by Gasteiger charge is 2.31. The van der Waals surface area contributed by atoms with Crippen LogP contribution in [-0.2, 0) is 16.4 Å². The predicted octanol–water partition coefficient (Wildman–Crippen LogP) is 1.19. The molecule has 1 aliphatic heterocycles. The average molecular weight is 356 g/mol. The molecule has 0 bridgehead atoms. The molecule has 1 saturated heterocycles. The lowest BCUT2D eigenvalue weighted by molar-refractivity contribution is 0.396. The molecular formula is C16H28N4O3S. The molecule has 0 aliphatic carbocycles. The Morgan fingerprint density at radius 1 is 1.42 bits per heavy atom. The molecule has 2 heterocycles. The molecule has 1 aromatic rings. The van der Waals surface area contributed by atoms with E-state index in [0.717, 1.165) is 43.9 Å². The molecule has 1 aliphatic rings. The predicted molar refractivity (Wildman–Crippen MR) is 95.6 cm³/mol. The summed E-state index contributed by atoms with van der Waals surface area (Å²) in [7, 11) is -3.15. The molecule has 0 spiro atoms. The molecule has 1 atom stereocenters. The summed E-state index contributed by atoms with van der Waals surface area (Å²) in [6, 6.07) is 3.78. The Labute approximate surface area is 144 Å². The Morgan fingerprint density at radius 3 is 2.88 bits per heavy atom. The molecule has 8 heteroatoms. The van der Waals surface area contributed by atoms with Gasteiger partial charge in [-0.15, -0.1) is 0 Å². The van der Waals surface area contributed by atoms with E-state index < -0.39 is 10.0 Å². The Morgan fingerprint density at radius 2 is 2.21 bits per heavy atom. The summed E-state index contributed by atoms with van der Waals surface area (Å²) >= 11 is 0. The Balaban J connectivity index is 1.89. The molecule has 2 rings (SSSR count). The largest absolute Gasteiger partial charge is 0.469 e. The lowest BCUT2D eigenvalue weighted by Crippen LogP contribution is -2.41. The van der Waals surface area contributed by atoms with Crippen LogP contribution in [0.25, 0.3) is 0 Å². The Hall–Kier alpha value is -1.54. The zero-order valence-electron chi connectivity index (χ0n) is 14.5. The van der Waals surface area contributed by atoms with Crippen molar-refractivity contribution in [3.63, 3.8) is 0 Å². The van der Waals surface area contributed by atoms with Crippen LogP contribution in [0.4, 0.5) is 0 Å². The van der Waals surface area contributed by atoms with Gasteiger partial charge in [-0.3, -0.25) is 4.99 Å². The normalized spacial score (nSPS) is 19.6. The summed E-state index contributed by atoms with van der Waals surface area (Å²) in [5, 5.41) is 6.55. The third-order valence-electron chi connectivity index (χ3n) is 4.00. The lowest BCUT2D eigenvalue weighted by atomic mass is 10.2. The molecule has 0 saturated carbocycles. The maximum atomic E-state index is 11.8. The van der Waals surface area contributed by atoms with Crippen LogP contribution in [0.5, 0.6) is 0 Å². The number of furan rings is 1. The SMILES string of the molecule is CCCNC(=NC[C@H]1CCCN1S(C)(=O)=O)NCCc1ccco1. The number of hydrogen-bond acceptors (Lipinski definition) is 4. The molecule has 0 amide bonds. The van der Waals surface area contributed by atoms with E-state index in [1.807, 2.05) is 12.1 Å². The minimum atomic E-state index is -3.15. The molecule has 0 aromatic carbocycles. The van der Waals surface area contributed by atoms with Gasteiger partial charge in [0.15, 0.2) is 5.96 Å². The minimum Gasteiger partial charge on any atom is -0.469 e. The van der Waals surface area contributed by atoms with Gasteiger partial charge in [0.05, 0.1) is 19.1 Å². The van der Waals surface area contributed by atoms with Gasteiger partial charge >= 0.3 is 0 Å². The van der Waals surface area contributed by atoms with Crippen molar-refractivity contribution in [2.45, 2.75) is 38.6 Å². The number of guanidine groups is 1. The molecule has 24 heavy (non-hydrogen) atoms. The van der Waals surface area contributed by atoms with Gasteiger partial charge in [-0.05, 0) is 31.4 Å². The van der Waals surface area contributed by atoms with Crippen LogP contribution in [0.1, 0.15) is 31.9 Å². The van der Waals surface area contributed by atoms with Crippen molar-refractivity contribution < 1.29 is 12.8 Å². The average Bonchev–Trinajstić information content (AvgIpc) is 3.20. The van der Waals surface area contributed by atoms with Crippen LogP contribution in [0.15, 0.2) is 27.8 Å². The smallest absolute Gasteiger partial charge is 0.211 e. The summed E-state index contributed by atoms with van der Waals surface area (Å²) in [4.78, 5) is 4.58. The highest BCUT2D eigenvalue weighted by atomic mass is 32.2. The van der Waals surface area contributed by atoms with E-state index in [0.29, 0.717) is 19.6 Å². The van der Waals surface area contributed by atoms with Gasteiger partial charge in [0.1, 0.15) is 5.76 Å². The molecule has 7 nitrogen and oxygen atoms in total. The number of nitrogens with one attached hydrogen (secondary N) is 2. The molecule has 1 fully saturated rings. The molecule has 136 valence electrons. The second kappa shape index (κ2) is 9.08. The molecule has 1 aromatic heterocycles. The van der Waals surface area contributed by atoms with Gasteiger partial charge in [-0.25, -0.2) is 8.42 Å². The van der Waals surface area contributed by atoms with Crippen molar-refractivity contribution in [3.05, 3.63) is 24.2 Å². The fourth-order valence-corrected chi connectivity index (χ4v) is 3.98. The topological polar surface area (TPSA) is 86.9 Å². The van der Waals surface area contributed by atoms with E-state index in [1.54, 1.807) is 10.6 Å². The van der Waals surface area contributed by atoms with Crippen molar-refractivity contribution in [1.82, 2.24) is 14.9 Å². The zero-order chi connectivity index (χ0) is 17.4. The van der Waals surface area contributed by atoms with Crippen LogP contribution >= 0.6 is 0 Å². The first kappa shape index (κ1) is 18.8. The van der Waals surface area contributed by atoms with Crippen LogP contribution in [0.2, 0.25) is 0 Å². The van der Waals surface area contributed by atoms with E-state index in [-0.39, 0.29) is 6.04 Å². The van der Waals surface area contributed by atoms with E-state index >= 15 is 0 Å². The third-order valence-corrected chi connectivity index (χ3v) is 5.33. The highest BCUT2D eigenvalue weighted by molar-refractivity contribution is 7.88. The van der Waals surface area contributed by atoms with Gasteiger partial charge in [0.2, 0.25) is 10.0 Å². The maximum absolute atomic E-state index is 11.8. The van der Waals surface area contributed by atoms with Crippen molar-refractivity contribution in [2.75, 3.05) is 32.4 Å². The van der Waals surface area contributed by atoms with Crippen LogP contribution < -0.4 is 10.6 Å². The summed E-state index contributed by atoms with van der Waals surface area (Å²) in [6.07, 6.45) is 6.48. The number of aliphatic imine (C=N–C) groups is 1.